The lowest BCUT2D eigenvalue weighted by atomic mass is 10.3. The van der Waals surface area contributed by atoms with Crippen molar-refractivity contribution in [3.63, 3.8) is 0 Å². The molecule has 8 heteroatoms. The van der Waals surface area contributed by atoms with Crippen LogP contribution < -0.4 is 16.8 Å². The van der Waals surface area contributed by atoms with Gasteiger partial charge in [-0.05, 0) is 45.4 Å². The first-order valence-electron chi connectivity index (χ1n) is 4.72. The van der Waals surface area contributed by atoms with Gasteiger partial charge in [0.15, 0.2) is 0 Å². The molecule has 0 bridgehead atoms. The van der Waals surface area contributed by atoms with Crippen LogP contribution in [0.25, 0.3) is 0 Å². The first kappa shape index (κ1) is 17.2. The molecule has 0 aromatic rings. The SMILES string of the molecule is NCCCCNCCCN.O=S(=O)(O)O. The molecule has 0 aliphatic rings. The summed E-state index contributed by atoms with van der Waals surface area (Å²) in [6.07, 6.45) is 3.37. The molecule has 7 N–H and O–H groups in total. The van der Waals surface area contributed by atoms with E-state index in [1.165, 1.54) is 6.42 Å². The maximum Gasteiger partial charge on any atom is 0.394 e. The number of nitrogens with two attached hydrogens (primary N) is 2. The molecule has 0 heterocycles. The minimum Gasteiger partial charge on any atom is -0.330 e. The number of nitrogens with one attached hydrogen (secondary N) is 1. The van der Waals surface area contributed by atoms with Gasteiger partial charge in [-0.15, -0.1) is 0 Å². The Labute approximate surface area is 90.8 Å². The van der Waals surface area contributed by atoms with Gasteiger partial charge in [0.1, 0.15) is 0 Å². The maximum absolute atomic E-state index is 8.74. The van der Waals surface area contributed by atoms with Gasteiger partial charge in [0.05, 0.1) is 0 Å². The first-order chi connectivity index (χ1) is 6.91. The van der Waals surface area contributed by atoms with Gasteiger partial charge in [0.25, 0.3) is 0 Å². The van der Waals surface area contributed by atoms with Crippen LogP contribution in [0.2, 0.25) is 0 Å². The van der Waals surface area contributed by atoms with Crippen LogP contribution in [-0.4, -0.2) is 43.7 Å². The van der Waals surface area contributed by atoms with Crippen molar-refractivity contribution in [2.24, 2.45) is 11.5 Å². The maximum atomic E-state index is 8.74. The molecular weight excluding hydrogens is 222 g/mol. The van der Waals surface area contributed by atoms with E-state index in [2.05, 4.69) is 5.32 Å². The Morgan fingerprint density at radius 1 is 0.933 bits per heavy atom. The van der Waals surface area contributed by atoms with E-state index in [0.29, 0.717) is 0 Å². The van der Waals surface area contributed by atoms with Gasteiger partial charge >= 0.3 is 10.4 Å². The molecular formula is C7H21N3O4S. The zero-order valence-corrected chi connectivity index (χ0v) is 9.54. The quantitative estimate of drug-likeness (QED) is 0.286. The average molecular weight is 243 g/mol. The lowest BCUT2D eigenvalue weighted by molar-refractivity contribution is 0.381. The summed E-state index contributed by atoms with van der Waals surface area (Å²) in [5, 5.41) is 3.29. The summed E-state index contributed by atoms with van der Waals surface area (Å²) in [5.74, 6) is 0. The van der Waals surface area contributed by atoms with Crippen molar-refractivity contribution in [3.8, 4) is 0 Å². The van der Waals surface area contributed by atoms with E-state index in [1.807, 2.05) is 0 Å². The van der Waals surface area contributed by atoms with Gasteiger partial charge < -0.3 is 16.8 Å². The highest BCUT2D eigenvalue weighted by molar-refractivity contribution is 7.79. The van der Waals surface area contributed by atoms with Crippen molar-refractivity contribution in [3.05, 3.63) is 0 Å². The van der Waals surface area contributed by atoms with Gasteiger partial charge in [-0.25, -0.2) is 0 Å². The van der Waals surface area contributed by atoms with Crippen LogP contribution in [0, 0.1) is 0 Å². The predicted octanol–water partition coefficient (Wildman–Crippen LogP) is -0.989. The highest BCUT2D eigenvalue weighted by Gasteiger charge is 1.85. The van der Waals surface area contributed by atoms with Gasteiger partial charge in [0.2, 0.25) is 0 Å². The van der Waals surface area contributed by atoms with E-state index in [-0.39, 0.29) is 0 Å². The normalized spacial score (nSPS) is 10.7. The van der Waals surface area contributed by atoms with Crippen LogP contribution in [0.1, 0.15) is 19.3 Å². The lowest BCUT2D eigenvalue weighted by Crippen LogP contribution is -2.19. The number of unbranched alkanes of at least 4 members (excludes halogenated alkanes) is 1. The van der Waals surface area contributed by atoms with Gasteiger partial charge in [0, 0.05) is 0 Å². The molecule has 0 aliphatic heterocycles. The number of hydrogen-bond acceptors (Lipinski definition) is 5. The zero-order valence-electron chi connectivity index (χ0n) is 8.72. The van der Waals surface area contributed by atoms with Gasteiger partial charge in [-0.1, -0.05) is 0 Å². The van der Waals surface area contributed by atoms with E-state index in [1.54, 1.807) is 0 Å². The Bertz CT molecular complexity index is 192. The molecule has 0 aromatic heterocycles. The third kappa shape index (κ3) is 41.7. The standard InChI is InChI=1S/C7H19N3.H2O4S/c8-4-1-2-6-10-7-3-5-9;1-5(2,3)4/h10H,1-9H2;(H2,1,2,3,4). The average Bonchev–Trinajstić information content (AvgIpc) is 2.08. The Hall–Kier alpha value is -0.250. The van der Waals surface area contributed by atoms with Crippen molar-refractivity contribution in [2.45, 2.75) is 19.3 Å². The highest BCUT2D eigenvalue weighted by Crippen LogP contribution is 1.81. The van der Waals surface area contributed by atoms with Crippen molar-refractivity contribution in [1.82, 2.24) is 5.32 Å². The smallest absolute Gasteiger partial charge is 0.330 e. The molecule has 0 saturated heterocycles. The zero-order chi connectivity index (χ0) is 12.2. The molecule has 0 atom stereocenters. The van der Waals surface area contributed by atoms with E-state index in [9.17, 15) is 0 Å². The van der Waals surface area contributed by atoms with Crippen molar-refractivity contribution in [2.75, 3.05) is 26.2 Å². The second-order valence-corrected chi connectivity index (χ2v) is 3.73. The molecule has 0 unspecified atom stereocenters. The molecule has 15 heavy (non-hydrogen) atoms. The first-order valence-corrected chi connectivity index (χ1v) is 6.12. The fourth-order valence-electron chi connectivity index (χ4n) is 0.746. The minimum absolute atomic E-state index is 0.782. The fraction of sp³-hybridized carbons (Fsp3) is 1.00. The van der Waals surface area contributed by atoms with Gasteiger partial charge in [-0.3, -0.25) is 9.11 Å². The molecule has 0 aliphatic carbocycles. The Kier molecular flexibility index (Phi) is 13.5. The highest BCUT2D eigenvalue weighted by atomic mass is 32.3. The van der Waals surface area contributed by atoms with Crippen LogP contribution in [0.3, 0.4) is 0 Å². The molecule has 7 nitrogen and oxygen atoms in total. The third-order valence-electron chi connectivity index (χ3n) is 1.37. The summed E-state index contributed by atoms with van der Waals surface area (Å²) in [5.41, 5.74) is 10.6. The largest absolute Gasteiger partial charge is 0.394 e. The van der Waals surface area contributed by atoms with E-state index >= 15 is 0 Å². The summed E-state index contributed by atoms with van der Waals surface area (Å²) >= 11 is 0. The Morgan fingerprint density at radius 2 is 1.33 bits per heavy atom. The van der Waals surface area contributed by atoms with Crippen LogP contribution in [0.15, 0.2) is 0 Å². The second kappa shape index (κ2) is 11.8. The van der Waals surface area contributed by atoms with Crippen LogP contribution in [-0.2, 0) is 10.4 Å². The minimum atomic E-state index is -4.67. The molecule has 0 amide bonds. The summed E-state index contributed by atoms with van der Waals surface area (Å²) < 4.78 is 31.6. The van der Waals surface area contributed by atoms with E-state index in [4.69, 9.17) is 29.0 Å². The van der Waals surface area contributed by atoms with Gasteiger partial charge in [-0.2, -0.15) is 8.42 Å². The van der Waals surface area contributed by atoms with Crippen molar-refractivity contribution >= 4 is 10.4 Å². The third-order valence-corrected chi connectivity index (χ3v) is 1.37. The molecule has 94 valence electrons. The molecule has 0 radical (unpaired) electrons. The molecule has 0 rings (SSSR count). The lowest BCUT2D eigenvalue weighted by Gasteiger charge is -2.01. The predicted molar refractivity (Wildman–Crippen MR) is 59.0 cm³/mol. The van der Waals surface area contributed by atoms with Crippen molar-refractivity contribution in [1.29, 1.82) is 0 Å². The van der Waals surface area contributed by atoms with Crippen LogP contribution >= 0.6 is 0 Å². The van der Waals surface area contributed by atoms with Crippen LogP contribution in [0.5, 0.6) is 0 Å². The summed E-state index contributed by atoms with van der Waals surface area (Å²) in [6, 6.07) is 0. The Morgan fingerprint density at radius 3 is 1.73 bits per heavy atom. The number of hydrogen-bond donors (Lipinski definition) is 5. The van der Waals surface area contributed by atoms with Crippen LogP contribution in [0.4, 0.5) is 0 Å². The number of rotatable bonds is 7. The van der Waals surface area contributed by atoms with Crippen molar-refractivity contribution < 1.29 is 17.5 Å². The molecule has 0 fully saturated rings. The topological polar surface area (TPSA) is 139 Å². The second-order valence-electron chi connectivity index (χ2n) is 2.84. The fourth-order valence-corrected chi connectivity index (χ4v) is 0.746. The molecule has 0 saturated carbocycles. The summed E-state index contributed by atoms with van der Waals surface area (Å²) in [7, 11) is -4.67. The molecule has 0 spiro atoms. The summed E-state index contributed by atoms with van der Waals surface area (Å²) in [4.78, 5) is 0. The Balaban J connectivity index is 0. The molecule has 0 aromatic carbocycles. The van der Waals surface area contributed by atoms with E-state index < -0.39 is 10.4 Å². The summed E-state index contributed by atoms with van der Waals surface area (Å²) in [6.45, 7) is 3.71. The monoisotopic (exact) mass is 243 g/mol. The van der Waals surface area contributed by atoms with E-state index in [0.717, 1.165) is 39.0 Å².